The molecule has 0 aliphatic carbocycles. The van der Waals surface area contributed by atoms with Gasteiger partial charge in [-0.05, 0) is 37.3 Å². The number of ether oxygens (including phenoxy) is 1. The standard InChI is InChI=1S/C14H10BrClO2/c1-9-2-5-13(10(6-9)8-17)18-14-7-11(15)3-4-12(14)16/h2-8H,1H3. The lowest BCUT2D eigenvalue weighted by molar-refractivity contribution is 0.112. The number of aryl methyl sites for hydroxylation is 1. The predicted octanol–water partition coefficient (Wildman–Crippen LogP) is 5.02. The first-order chi connectivity index (χ1) is 8.60. The van der Waals surface area contributed by atoms with Crippen molar-refractivity contribution in [2.75, 3.05) is 0 Å². The first-order valence-corrected chi connectivity index (χ1v) is 6.46. The van der Waals surface area contributed by atoms with Gasteiger partial charge in [0.25, 0.3) is 0 Å². The van der Waals surface area contributed by atoms with E-state index in [9.17, 15) is 4.79 Å². The molecular formula is C14H10BrClO2. The number of halogens is 2. The molecule has 0 aliphatic heterocycles. The molecule has 0 saturated carbocycles. The van der Waals surface area contributed by atoms with E-state index in [4.69, 9.17) is 16.3 Å². The van der Waals surface area contributed by atoms with E-state index >= 15 is 0 Å². The zero-order valence-electron chi connectivity index (χ0n) is 9.61. The van der Waals surface area contributed by atoms with E-state index in [2.05, 4.69) is 15.9 Å². The summed E-state index contributed by atoms with van der Waals surface area (Å²) in [6.45, 7) is 1.92. The summed E-state index contributed by atoms with van der Waals surface area (Å²) in [5.41, 5.74) is 1.51. The van der Waals surface area contributed by atoms with E-state index in [0.29, 0.717) is 22.1 Å². The van der Waals surface area contributed by atoms with Crippen molar-refractivity contribution < 1.29 is 9.53 Å². The third kappa shape index (κ3) is 2.92. The Hall–Kier alpha value is -1.32. The number of carbonyl (C=O) groups is 1. The molecular weight excluding hydrogens is 316 g/mol. The molecule has 0 N–H and O–H groups in total. The van der Waals surface area contributed by atoms with Crippen LogP contribution >= 0.6 is 27.5 Å². The second-order valence-corrected chi connectivity index (χ2v) is 5.16. The fraction of sp³-hybridized carbons (Fsp3) is 0.0714. The van der Waals surface area contributed by atoms with Crippen molar-refractivity contribution in [2.45, 2.75) is 6.92 Å². The molecule has 2 aromatic carbocycles. The highest BCUT2D eigenvalue weighted by Gasteiger charge is 2.08. The number of hydrogen-bond acceptors (Lipinski definition) is 2. The molecule has 4 heteroatoms. The SMILES string of the molecule is Cc1ccc(Oc2cc(Br)ccc2Cl)c(C=O)c1. The molecule has 2 nitrogen and oxygen atoms in total. The quantitative estimate of drug-likeness (QED) is 0.741. The number of benzene rings is 2. The Bertz CT molecular complexity index is 596. The number of hydrogen-bond donors (Lipinski definition) is 0. The lowest BCUT2D eigenvalue weighted by Crippen LogP contribution is -1.92. The van der Waals surface area contributed by atoms with Crippen LogP contribution < -0.4 is 4.74 Å². The summed E-state index contributed by atoms with van der Waals surface area (Å²) < 4.78 is 6.54. The maximum Gasteiger partial charge on any atom is 0.153 e. The zero-order chi connectivity index (χ0) is 13.1. The van der Waals surface area contributed by atoms with Crippen LogP contribution in [-0.4, -0.2) is 6.29 Å². The molecule has 0 atom stereocenters. The molecule has 0 saturated heterocycles. The van der Waals surface area contributed by atoms with Gasteiger partial charge in [0.15, 0.2) is 6.29 Å². The second kappa shape index (κ2) is 5.55. The highest BCUT2D eigenvalue weighted by atomic mass is 79.9. The molecule has 2 aromatic rings. The van der Waals surface area contributed by atoms with E-state index in [-0.39, 0.29) is 0 Å². The van der Waals surface area contributed by atoms with Gasteiger partial charge in [-0.25, -0.2) is 0 Å². The number of aldehydes is 1. The van der Waals surface area contributed by atoms with Crippen LogP contribution in [0.1, 0.15) is 15.9 Å². The summed E-state index contributed by atoms with van der Waals surface area (Å²) in [7, 11) is 0. The van der Waals surface area contributed by atoms with E-state index in [1.807, 2.05) is 19.1 Å². The van der Waals surface area contributed by atoms with Gasteiger partial charge < -0.3 is 4.74 Å². The molecule has 18 heavy (non-hydrogen) atoms. The number of carbonyl (C=O) groups excluding carboxylic acids is 1. The van der Waals surface area contributed by atoms with Crippen LogP contribution in [0.5, 0.6) is 11.5 Å². The first kappa shape index (κ1) is 13.1. The lowest BCUT2D eigenvalue weighted by atomic mass is 10.1. The molecule has 92 valence electrons. The minimum atomic E-state index is 0.496. The maximum atomic E-state index is 11.0. The minimum Gasteiger partial charge on any atom is -0.455 e. The van der Waals surface area contributed by atoms with Crippen LogP contribution in [0.3, 0.4) is 0 Å². The highest BCUT2D eigenvalue weighted by Crippen LogP contribution is 2.33. The van der Waals surface area contributed by atoms with E-state index in [1.165, 1.54) is 0 Å². The van der Waals surface area contributed by atoms with Gasteiger partial charge in [0, 0.05) is 4.47 Å². The summed E-state index contributed by atoms with van der Waals surface area (Å²) in [5.74, 6) is 1.01. The van der Waals surface area contributed by atoms with Crippen LogP contribution in [-0.2, 0) is 0 Å². The fourth-order valence-corrected chi connectivity index (χ4v) is 2.02. The third-order valence-corrected chi connectivity index (χ3v) is 3.21. The number of rotatable bonds is 3. The van der Waals surface area contributed by atoms with Crippen molar-refractivity contribution in [3.05, 3.63) is 57.0 Å². The monoisotopic (exact) mass is 324 g/mol. The Morgan fingerprint density at radius 2 is 1.94 bits per heavy atom. The average Bonchev–Trinajstić information content (AvgIpc) is 2.36. The maximum absolute atomic E-state index is 11.0. The summed E-state index contributed by atoms with van der Waals surface area (Å²) >= 11 is 9.39. The summed E-state index contributed by atoms with van der Waals surface area (Å²) in [5, 5.41) is 0.496. The minimum absolute atomic E-state index is 0.496. The smallest absolute Gasteiger partial charge is 0.153 e. The van der Waals surface area contributed by atoms with Gasteiger partial charge >= 0.3 is 0 Å². The second-order valence-electron chi connectivity index (χ2n) is 3.84. The van der Waals surface area contributed by atoms with Crippen molar-refractivity contribution in [1.29, 1.82) is 0 Å². The Balaban J connectivity index is 2.39. The van der Waals surface area contributed by atoms with Crippen molar-refractivity contribution in [3.8, 4) is 11.5 Å². The molecule has 0 amide bonds. The Morgan fingerprint density at radius 1 is 1.17 bits per heavy atom. The van der Waals surface area contributed by atoms with Gasteiger partial charge in [-0.3, -0.25) is 4.79 Å². The fourth-order valence-electron chi connectivity index (χ4n) is 1.53. The molecule has 0 spiro atoms. The van der Waals surface area contributed by atoms with Crippen LogP contribution in [0.25, 0.3) is 0 Å². The topological polar surface area (TPSA) is 26.3 Å². The normalized spacial score (nSPS) is 10.2. The Morgan fingerprint density at radius 3 is 2.67 bits per heavy atom. The molecule has 0 heterocycles. The largest absolute Gasteiger partial charge is 0.455 e. The van der Waals surface area contributed by atoms with Crippen LogP contribution in [0.2, 0.25) is 5.02 Å². The molecule has 0 fully saturated rings. The molecule has 0 aliphatic rings. The van der Waals surface area contributed by atoms with E-state index in [1.54, 1.807) is 24.3 Å². The van der Waals surface area contributed by atoms with Gasteiger partial charge in [-0.2, -0.15) is 0 Å². The van der Waals surface area contributed by atoms with E-state index in [0.717, 1.165) is 16.3 Å². The van der Waals surface area contributed by atoms with Crippen molar-refractivity contribution in [1.82, 2.24) is 0 Å². The molecule has 0 aromatic heterocycles. The molecule has 2 rings (SSSR count). The molecule has 0 bridgehead atoms. The molecule has 0 radical (unpaired) electrons. The third-order valence-electron chi connectivity index (χ3n) is 2.41. The lowest BCUT2D eigenvalue weighted by Gasteiger charge is -2.10. The zero-order valence-corrected chi connectivity index (χ0v) is 12.0. The predicted molar refractivity (Wildman–Crippen MR) is 75.8 cm³/mol. The summed E-state index contributed by atoms with van der Waals surface area (Å²) in [6.07, 6.45) is 0.772. The van der Waals surface area contributed by atoms with Crippen molar-refractivity contribution >= 4 is 33.8 Å². The Kier molecular flexibility index (Phi) is 4.04. The highest BCUT2D eigenvalue weighted by molar-refractivity contribution is 9.10. The van der Waals surface area contributed by atoms with Crippen LogP contribution in [0.15, 0.2) is 40.9 Å². The van der Waals surface area contributed by atoms with Crippen molar-refractivity contribution in [3.63, 3.8) is 0 Å². The average molecular weight is 326 g/mol. The summed E-state index contributed by atoms with van der Waals surface area (Å²) in [6, 6.07) is 10.7. The molecule has 0 unspecified atom stereocenters. The van der Waals surface area contributed by atoms with Gasteiger partial charge in [-0.1, -0.05) is 39.2 Å². The van der Waals surface area contributed by atoms with Gasteiger partial charge in [-0.15, -0.1) is 0 Å². The van der Waals surface area contributed by atoms with Gasteiger partial charge in [0.05, 0.1) is 10.6 Å². The Labute approximate surface area is 119 Å². The van der Waals surface area contributed by atoms with E-state index < -0.39 is 0 Å². The van der Waals surface area contributed by atoms with Crippen molar-refractivity contribution in [2.24, 2.45) is 0 Å². The van der Waals surface area contributed by atoms with Crippen LogP contribution in [0, 0.1) is 6.92 Å². The van der Waals surface area contributed by atoms with Crippen LogP contribution in [0.4, 0.5) is 0 Å². The van der Waals surface area contributed by atoms with Gasteiger partial charge in [0.1, 0.15) is 11.5 Å². The summed E-state index contributed by atoms with van der Waals surface area (Å²) in [4.78, 5) is 11.0. The first-order valence-electron chi connectivity index (χ1n) is 5.29. The van der Waals surface area contributed by atoms with Gasteiger partial charge in [0.2, 0.25) is 0 Å².